The molecule has 2 aromatic heterocycles. The molecule has 0 fully saturated rings. The highest BCUT2D eigenvalue weighted by Crippen LogP contribution is 2.45. The van der Waals surface area contributed by atoms with Gasteiger partial charge in [0.15, 0.2) is 22.4 Å². The summed E-state index contributed by atoms with van der Waals surface area (Å²) in [6.45, 7) is 8.38. The lowest BCUT2D eigenvalue weighted by molar-refractivity contribution is -0.117. The van der Waals surface area contributed by atoms with Crippen LogP contribution in [0, 0.1) is 13.8 Å². The Morgan fingerprint density at radius 3 is 2.62 bits per heavy atom. The number of amides is 1. The maximum absolute atomic E-state index is 13.7. The van der Waals surface area contributed by atoms with E-state index < -0.39 is 23.5 Å². The molecule has 1 unspecified atom stereocenters. The maximum Gasteiger partial charge on any atom is 0.296 e. The van der Waals surface area contributed by atoms with Crippen molar-refractivity contribution in [1.82, 2.24) is 9.97 Å². The summed E-state index contributed by atoms with van der Waals surface area (Å²) < 4.78 is 11.6. The molecule has 1 aliphatic heterocycles. The fourth-order valence-electron chi connectivity index (χ4n) is 3.84. The first-order valence-electron chi connectivity index (χ1n) is 10.9. The summed E-state index contributed by atoms with van der Waals surface area (Å²) in [6, 6.07) is 4.42. The highest BCUT2D eigenvalue weighted by Gasteiger charge is 2.46. The number of hydrogen-bond acceptors (Lipinski definition) is 9. The number of ether oxygens (including phenoxy) is 2. The molecule has 178 valence electrons. The number of rotatable bonds is 9. The lowest BCUT2D eigenvalue weighted by Gasteiger charge is -2.25. The predicted molar refractivity (Wildman–Crippen MR) is 131 cm³/mol. The third kappa shape index (κ3) is 4.30. The number of Topliss-reactive ketones (excluding diaryl/α,β-unsaturated/α-hetero) is 1. The van der Waals surface area contributed by atoms with E-state index in [0.29, 0.717) is 46.0 Å². The zero-order chi connectivity index (χ0) is 24.4. The van der Waals surface area contributed by atoms with E-state index in [1.807, 2.05) is 20.8 Å². The average molecular weight is 500 g/mol. The Bertz CT molecular complexity index is 1250. The number of anilines is 1. The molecule has 0 radical (unpaired) electrons. The zero-order valence-corrected chi connectivity index (χ0v) is 21.0. The average Bonchev–Trinajstić information content (AvgIpc) is 3.52. The first-order valence-corrected chi connectivity index (χ1v) is 12.6. The Morgan fingerprint density at radius 1 is 1.21 bits per heavy atom. The molecule has 0 saturated heterocycles. The standard InChI is InChI=1S/C24H25N3O5S2/c1-5-10-32-16-8-7-15(12-17(16)31-6-2)19-18(20(28)22-13(3)26-14(4)34-22)21(29)23(30)27(19)24-25-9-11-33-24/h7-9,11-12,19,29H,5-6,10H2,1-4H3. The molecule has 0 spiro atoms. The number of carbonyl (C=O) groups is 2. The van der Waals surface area contributed by atoms with Crippen LogP contribution >= 0.6 is 22.7 Å². The van der Waals surface area contributed by atoms with Crippen LogP contribution in [0.1, 0.15) is 52.2 Å². The lowest BCUT2D eigenvalue weighted by atomic mass is 9.95. The maximum atomic E-state index is 13.7. The Morgan fingerprint density at radius 2 is 2.00 bits per heavy atom. The van der Waals surface area contributed by atoms with Crippen LogP contribution in [-0.4, -0.2) is 40.0 Å². The minimum absolute atomic E-state index is 0.00312. The molecule has 1 N–H and O–H groups in total. The van der Waals surface area contributed by atoms with Gasteiger partial charge in [-0.1, -0.05) is 13.0 Å². The van der Waals surface area contributed by atoms with Gasteiger partial charge in [0.2, 0.25) is 5.78 Å². The van der Waals surface area contributed by atoms with Gasteiger partial charge in [0.25, 0.3) is 5.91 Å². The van der Waals surface area contributed by atoms with Gasteiger partial charge in [-0.05, 0) is 44.9 Å². The van der Waals surface area contributed by atoms with Crippen molar-refractivity contribution in [2.24, 2.45) is 0 Å². The van der Waals surface area contributed by atoms with Crippen LogP contribution in [0.5, 0.6) is 11.5 Å². The van der Waals surface area contributed by atoms with E-state index in [0.717, 1.165) is 11.4 Å². The largest absolute Gasteiger partial charge is 0.503 e. The summed E-state index contributed by atoms with van der Waals surface area (Å²) in [5.74, 6) is -0.607. The molecule has 34 heavy (non-hydrogen) atoms. The van der Waals surface area contributed by atoms with Crippen LogP contribution in [-0.2, 0) is 4.79 Å². The summed E-state index contributed by atoms with van der Waals surface area (Å²) in [5.41, 5.74) is 1.16. The van der Waals surface area contributed by atoms with Crippen molar-refractivity contribution < 1.29 is 24.2 Å². The number of aliphatic hydroxyl groups excluding tert-OH is 1. The van der Waals surface area contributed by atoms with E-state index in [4.69, 9.17) is 9.47 Å². The second-order valence-electron chi connectivity index (χ2n) is 7.62. The van der Waals surface area contributed by atoms with Crippen molar-refractivity contribution in [2.45, 2.75) is 40.2 Å². The molecule has 4 rings (SSSR count). The third-order valence-corrected chi connectivity index (χ3v) is 7.08. The zero-order valence-electron chi connectivity index (χ0n) is 19.3. The highest BCUT2D eigenvalue weighted by molar-refractivity contribution is 7.14. The molecule has 8 nitrogen and oxygen atoms in total. The summed E-state index contributed by atoms with van der Waals surface area (Å²) in [6.07, 6.45) is 2.41. The minimum atomic E-state index is -0.882. The molecule has 10 heteroatoms. The molecular weight excluding hydrogens is 474 g/mol. The molecule has 3 heterocycles. The van der Waals surface area contributed by atoms with E-state index in [1.165, 1.54) is 27.6 Å². The molecular formula is C24H25N3O5S2. The minimum Gasteiger partial charge on any atom is -0.503 e. The quantitative estimate of drug-likeness (QED) is 0.404. The summed E-state index contributed by atoms with van der Waals surface area (Å²) in [7, 11) is 0. The van der Waals surface area contributed by atoms with Crippen LogP contribution in [0.25, 0.3) is 0 Å². The van der Waals surface area contributed by atoms with Gasteiger partial charge < -0.3 is 14.6 Å². The van der Waals surface area contributed by atoms with Crippen molar-refractivity contribution >= 4 is 39.5 Å². The first-order chi connectivity index (χ1) is 16.4. The van der Waals surface area contributed by atoms with Gasteiger partial charge in [0, 0.05) is 11.6 Å². The second kappa shape index (κ2) is 9.94. The van der Waals surface area contributed by atoms with Crippen molar-refractivity contribution in [3.05, 3.63) is 62.3 Å². The van der Waals surface area contributed by atoms with Crippen LogP contribution in [0.2, 0.25) is 0 Å². The smallest absolute Gasteiger partial charge is 0.296 e. The number of aliphatic hydroxyl groups is 1. The molecule has 1 aliphatic rings. The number of carbonyl (C=O) groups excluding carboxylic acids is 2. The van der Waals surface area contributed by atoms with E-state index in [2.05, 4.69) is 9.97 Å². The molecule has 1 atom stereocenters. The van der Waals surface area contributed by atoms with E-state index in [1.54, 1.807) is 36.7 Å². The van der Waals surface area contributed by atoms with Crippen LogP contribution in [0.4, 0.5) is 5.13 Å². The fourth-order valence-corrected chi connectivity index (χ4v) is 5.38. The Labute approximate surface area is 205 Å². The number of thiazole rings is 2. The number of aryl methyl sites for hydroxylation is 2. The Balaban J connectivity index is 1.86. The lowest BCUT2D eigenvalue weighted by Crippen LogP contribution is -2.31. The molecule has 0 aliphatic carbocycles. The number of aromatic nitrogens is 2. The Kier molecular flexibility index (Phi) is 6.99. The highest BCUT2D eigenvalue weighted by atomic mass is 32.1. The van der Waals surface area contributed by atoms with Crippen LogP contribution in [0.15, 0.2) is 41.1 Å². The number of hydrogen-bond donors (Lipinski definition) is 1. The van der Waals surface area contributed by atoms with Crippen molar-refractivity contribution in [3.63, 3.8) is 0 Å². The van der Waals surface area contributed by atoms with E-state index in [-0.39, 0.29) is 5.57 Å². The predicted octanol–water partition coefficient (Wildman–Crippen LogP) is 5.19. The normalized spacial score (nSPS) is 15.8. The van der Waals surface area contributed by atoms with Crippen molar-refractivity contribution in [1.29, 1.82) is 0 Å². The molecule has 0 bridgehead atoms. The van der Waals surface area contributed by atoms with Gasteiger partial charge in [-0.3, -0.25) is 14.5 Å². The molecule has 1 amide bonds. The Hall–Kier alpha value is -3.24. The molecule has 0 saturated carbocycles. The van der Waals surface area contributed by atoms with Crippen LogP contribution < -0.4 is 14.4 Å². The first kappa shape index (κ1) is 23.9. The number of ketones is 1. The van der Waals surface area contributed by atoms with Gasteiger partial charge in [0.05, 0.1) is 40.4 Å². The van der Waals surface area contributed by atoms with Gasteiger partial charge in [-0.15, -0.1) is 22.7 Å². The fraction of sp³-hybridized carbons (Fsp3) is 0.333. The number of nitrogens with zero attached hydrogens (tertiary/aromatic N) is 3. The summed E-state index contributed by atoms with van der Waals surface area (Å²) in [5, 5.41) is 13.8. The topological polar surface area (TPSA) is 102 Å². The third-order valence-electron chi connectivity index (χ3n) is 5.23. The molecule has 1 aromatic carbocycles. The van der Waals surface area contributed by atoms with E-state index in [9.17, 15) is 14.7 Å². The van der Waals surface area contributed by atoms with Gasteiger partial charge in [0.1, 0.15) is 0 Å². The second-order valence-corrected chi connectivity index (χ2v) is 9.70. The number of benzene rings is 1. The summed E-state index contributed by atoms with van der Waals surface area (Å²) in [4.78, 5) is 37.2. The summed E-state index contributed by atoms with van der Waals surface area (Å²) >= 11 is 2.49. The van der Waals surface area contributed by atoms with Crippen molar-refractivity contribution in [2.75, 3.05) is 18.1 Å². The van der Waals surface area contributed by atoms with Crippen LogP contribution in [0.3, 0.4) is 0 Å². The van der Waals surface area contributed by atoms with Gasteiger partial charge >= 0.3 is 0 Å². The van der Waals surface area contributed by atoms with Crippen molar-refractivity contribution in [3.8, 4) is 11.5 Å². The van der Waals surface area contributed by atoms with E-state index >= 15 is 0 Å². The molecule has 3 aromatic rings. The van der Waals surface area contributed by atoms with Gasteiger partial charge in [-0.2, -0.15) is 0 Å². The monoisotopic (exact) mass is 499 g/mol. The SMILES string of the molecule is CCCOc1ccc(C2C(C(=O)c3sc(C)nc3C)=C(O)C(=O)N2c2nccs2)cc1OCC. The van der Waals surface area contributed by atoms with Gasteiger partial charge in [-0.25, -0.2) is 9.97 Å².